The van der Waals surface area contributed by atoms with Crippen molar-refractivity contribution in [1.29, 1.82) is 0 Å². The molecule has 88 valence electrons. The molecule has 0 saturated carbocycles. The van der Waals surface area contributed by atoms with Crippen LogP contribution in [0.1, 0.15) is 20.3 Å². The highest BCUT2D eigenvalue weighted by Crippen LogP contribution is 2.09. The smallest absolute Gasteiger partial charge is 0.423 e. The zero-order valence-corrected chi connectivity index (χ0v) is 10.4. The zero-order valence-electron chi connectivity index (χ0n) is 9.59. The first-order chi connectivity index (χ1) is 7.50. The van der Waals surface area contributed by atoms with Gasteiger partial charge < -0.3 is 10.0 Å². The molecule has 0 heterocycles. The van der Waals surface area contributed by atoms with Crippen molar-refractivity contribution in [2.75, 3.05) is 5.75 Å². The molecule has 1 aromatic rings. The summed E-state index contributed by atoms with van der Waals surface area (Å²) in [5.41, 5.74) is 0.421. The molecule has 3 nitrogen and oxygen atoms in total. The lowest BCUT2D eigenvalue weighted by Gasteiger charge is -2.05. The van der Waals surface area contributed by atoms with Gasteiger partial charge in [-0.05, 0) is 29.9 Å². The maximum Gasteiger partial charge on any atom is 0.488 e. The summed E-state index contributed by atoms with van der Waals surface area (Å²) in [6.07, 6.45) is 0.928. The normalized spacial score (nSPS) is 12.8. The van der Waals surface area contributed by atoms with Crippen molar-refractivity contribution in [1.82, 2.24) is 0 Å². The predicted molar refractivity (Wildman–Crippen MR) is 67.0 cm³/mol. The molecule has 0 bridgehead atoms. The summed E-state index contributed by atoms with van der Waals surface area (Å²) in [5.74, 6) is 1.20. The van der Waals surface area contributed by atoms with Gasteiger partial charge in [0.1, 0.15) is 0 Å². The molecular formula is C11H17BO3S. The molecule has 1 unspecified atom stereocenters. The fourth-order valence-corrected chi connectivity index (χ4v) is 2.61. The number of hydrogen-bond donors (Lipinski definition) is 2. The second kappa shape index (κ2) is 6.18. The van der Waals surface area contributed by atoms with Gasteiger partial charge in [-0.2, -0.15) is 0 Å². The van der Waals surface area contributed by atoms with Crippen molar-refractivity contribution in [3.05, 3.63) is 24.3 Å². The Labute approximate surface area is 99.1 Å². The van der Waals surface area contributed by atoms with Gasteiger partial charge in [0.15, 0.2) is 0 Å². The SMILES string of the molecule is CC(C)CCS(=O)c1ccc(B(O)O)cc1. The van der Waals surface area contributed by atoms with Crippen molar-refractivity contribution < 1.29 is 14.3 Å². The van der Waals surface area contributed by atoms with Crippen LogP contribution in [0.25, 0.3) is 0 Å². The summed E-state index contributed by atoms with van der Waals surface area (Å²) in [6.45, 7) is 4.20. The summed E-state index contributed by atoms with van der Waals surface area (Å²) in [5, 5.41) is 17.8. The van der Waals surface area contributed by atoms with Crippen LogP contribution in [0.15, 0.2) is 29.2 Å². The Morgan fingerprint density at radius 1 is 1.25 bits per heavy atom. The van der Waals surface area contributed by atoms with Gasteiger partial charge in [0.25, 0.3) is 0 Å². The van der Waals surface area contributed by atoms with E-state index in [2.05, 4.69) is 13.8 Å². The molecule has 0 aromatic heterocycles. The Bertz CT molecular complexity index is 349. The molecule has 1 atom stereocenters. The lowest BCUT2D eigenvalue weighted by molar-refractivity contribution is 0.425. The topological polar surface area (TPSA) is 57.5 Å². The molecule has 0 aliphatic rings. The van der Waals surface area contributed by atoms with Crippen molar-refractivity contribution in [3.63, 3.8) is 0 Å². The molecule has 0 spiro atoms. The van der Waals surface area contributed by atoms with Crippen LogP contribution in [0.4, 0.5) is 0 Å². The maximum absolute atomic E-state index is 11.8. The first-order valence-electron chi connectivity index (χ1n) is 5.35. The van der Waals surface area contributed by atoms with Gasteiger partial charge in [0.2, 0.25) is 0 Å². The second-order valence-corrected chi connectivity index (χ2v) is 5.75. The Balaban J connectivity index is 2.63. The van der Waals surface area contributed by atoms with Gasteiger partial charge in [-0.1, -0.05) is 26.0 Å². The molecule has 1 rings (SSSR count). The van der Waals surface area contributed by atoms with Crippen LogP contribution in [-0.4, -0.2) is 27.1 Å². The monoisotopic (exact) mass is 240 g/mol. The fourth-order valence-electron chi connectivity index (χ4n) is 1.25. The molecule has 0 aliphatic heterocycles. The third-order valence-electron chi connectivity index (χ3n) is 2.32. The minimum Gasteiger partial charge on any atom is -0.423 e. The van der Waals surface area contributed by atoms with E-state index in [1.165, 1.54) is 0 Å². The van der Waals surface area contributed by atoms with Gasteiger partial charge in [-0.15, -0.1) is 0 Å². The van der Waals surface area contributed by atoms with Crippen molar-refractivity contribution in [2.24, 2.45) is 5.92 Å². The second-order valence-electron chi connectivity index (χ2n) is 4.17. The lowest BCUT2D eigenvalue weighted by Crippen LogP contribution is -2.29. The molecule has 0 amide bonds. The van der Waals surface area contributed by atoms with E-state index >= 15 is 0 Å². The molecular weight excluding hydrogens is 223 g/mol. The van der Waals surface area contributed by atoms with Gasteiger partial charge >= 0.3 is 7.12 Å². The van der Waals surface area contributed by atoms with E-state index in [9.17, 15) is 4.21 Å². The third-order valence-corrected chi connectivity index (χ3v) is 3.73. The van der Waals surface area contributed by atoms with Crippen molar-refractivity contribution in [2.45, 2.75) is 25.2 Å². The third kappa shape index (κ3) is 4.08. The Morgan fingerprint density at radius 2 is 1.81 bits per heavy atom. The van der Waals surface area contributed by atoms with Crippen LogP contribution in [0.5, 0.6) is 0 Å². The van der Waals surface area contributed by atoms with Crippen LogP contribution < -0.4 is 5.46 Å². The molecule has 16 heavy (non-hydrogen) atoms. The van der Waals surface area contributed by atoms with Crippen molar-refractivity contribution in [3.8, 4) is 0 Å². The van der Waals surface area contributed by atoms with Gasteiger partial charge in [-0.25, -0.2) is 0 Å². The first-order valence-corrected chi connectivity index (χ1v) is 6.67. The van der Waals surface area contributed by atoms with E-state index in [0.717, 1.165) is 11.3 Å². The lowest BCUT2D eigenvalue weighted by atomic mass is 9.81. The number of rotatable bonds is 5. The van der Waals surface area contributed by atoms with E-state index in [-0.39, 0.29) is 0 Å². The molecule has 2 N–H and O–H groups in total. The van der Waals surface area contributed by atoms with Gasteiger partial charge in [0.05, 0.1) is 10.8 Å². The summed E-state index contributed by atoms with van der Waals surface area (Å²) in [7, 11) is -2.45. The first kappa shape index (κ1) is 13.4. The minimum absolute atomic E-state index is 0.421. The highest BCUT2D eigenvalue weighted by Gasteiger charge is 2.11. The summed E-state index contributed by atoms with van der Waals surface area (Å²) in [4.78, 5) is 0.741. The van der Waals surface area contributed by atoms with E-state index in [1.54, 1.807) is 24.3 Å². The largest absolute Gasteiger partial charge is 0.488 e. The van der Waals surface area contributed by atoms with E-state index in [1.807, 2.05) is 0 Å². The summed E-state index contributed by atoms with van der Waals surface area (Å²) < 4.78 is 11.8. The standard InChI is InChI=1S/C11H17BO3S/c1-9(2)7-8-16(15)11-5-3-10(4-6-11)12(13)14/h3-6,9,13-14H,7-8H2,1-2H3. The zero-order chi connectivity index (χ0) is 12.1. The average molecular weight is 240 g/mol. The van der Waals surface area contributed by atoms with Crippen LogP contribution in [0.3, 0.4) is 0 Å². The maximum atomic E-state index is 11.8. The highest BCUT2D eigenvalue weighted by atomic mass is 32.2. The van der Waals surface area contributed by atoms with Crippen LogP contribution in [-0.2, 0) is 10.8 Å². The Morgan fingerprint density at radius 3 is 2.25 bits per heavy atom. The van der Waals surface area contributed by atoms with E-state index < -0.39 is 17.9 Å². The van der Waals surface area contributed by atoms with Crippen molar-refractivity contribution >= 4 is 23.4 Å². The molecule has 0 radical (unpaired) electrons. The highest BCUT2D eigenvalue weighted by molar-refractivity contribution is 7.85. The quantitative estimate of drug-likeness (QED) is 0.738. The summed E-state index contributed by atoms with van der Waals surface area (Å²) >= 11 is 0. The molecule has 0 fully saturated rings. The Kier molecular flexibility index (Phi) is 5.18. The molecule has 5 heteroatoms. The molecule has 0 saturated heterocycles. The fraction of sp³-hybridized carbons (Fsp3) is 0.455. The van der Waals surface area contributed by atoms with Gasteiger partial charge in [0, 0.05) is 10.6 Å². The number of benzene rings is 1. The van der Waals surface area contributed by atoms with Gasteiger partial charge in [-0.3, -0.25) is 4.21 Å². The van der Waals surface area contributed by atoms with Crippen LogP contribution >= 0.6 is 0 Å². The average Bonchev–Trinajstić information content (AvgIpc) is 2.26. The summed E-state index contributed by atoms with van der Waals surface area (Å²) in [6, 6.07) is 6.55. The molecule has 0 aliphatic carbocycles. The molecule has 1 aromatic carbocycles. The van der Waals surface area contributed by atoms with Crippen LogP contribution in [0, 0.1) is 5.92 Å². The number of hydrogen-bond acceptors (Lipinski definition) is 3. The van der Waals surface area contributed by atoms with E-state index in [0.29, 0.717) is 17.1 Å². The van der Waals surface area contributed by atoms with Crippen LogP contribution in [0.2, 0.25) is 0 Å². The Hall–Kier alpha value is -0.645. The predicted octanol–water partition coefficient (Wildman–Crippen LogP) is 0.520. The minimum atomic E-state index is -1.46. The van der Waals surface area contributed by atoms with E-state index in [4.69, 9.17) is 10.0 Å².